The maximum absolute atomic E-state index is 15.0. The number of urea groups is 1. The molecule has 3 N–H and O–H groups in total. The van der Waals surface area contributed by atoms with Gasteiger partial charge < -0.3 is 20.1 Å². The van der Waals surface area contributed by atoms with Gasteiger partial charge in [-0.1, -0.05) is 0 Å². The first kappa shape index (κ1) is 19.5. The van der Waals surface area contributed by atoms with Crippen molar-refractivity contribution in [1.29, 1.82) is 0 Å². The fourth-order valence-corrected chi connectivity index (χ4v) is 3.92. The van der Waals surface area contributed by atoms with Crippen molar-refractivity contribution in [2.24, 2.45) is 0 Å². The van der Waals surface area contributed by atoms with Crippen LogP contribution in [0.3, 0.4) is 0 Å². The van der Waals surface area contributed by atoms with Crippen molar-refractivity contribution in [2.45, 2.75) is 19.4 Å². The van der Waals surface area contributed by atoms with Gasteiger partial charge in [0.2, 0.25) is 5.88 Å². The zero-order valence-corrected chi connectivity index (χ0v) is 17.0. The monoisotopic (exact) mass is 423 g/mol. The van der Waals surface area contributed by atoms with Crippen molar-refractivity contribution in [3.05, 3.63) is 42.0 Å². The molecule has 3 aromatic rings. The molecule has 0 saturated carbocycles. The third-order valence-corrected chi connectivity index (χ3v) is 5.55. The van der Waals surface area contributed by atoms with E-state index in [-0.39, 0.29) is 17.9 Å². The largest absolute Gasteiger partial charge is 0.474 e. The molecule has 1 atom stereocenters. The summed E-state index contributed by atoms with van der Waals surface area (Å²) < 4.78 is 25.8. The number of rotatable bonds is 3. The Morgan fingerprint density at radius 2 is 2.06 bits per heavy atom. The lowest BCUT2D eigenvalue weighted by Gasteiger charge is -2.21. The van der Waals surface area contributed by atoms with Gasteiger partial charge in [-0.05, 0) is 42.5 Å². The first-order chi connectivity index (χ1) is 15.1. The molecule has 1 fully saturated rings. The van der Waals surface area contributed by atoms with Crippen molar-refractivity contribution >= 4 is 28.3 Å². The summed E-state index contributed by atoms with van der Waals surface area (Å²) >= 11 is 0. The summed E-state index contributed by atoms with van der Waals surface area (Å²) in [6, 6.07) is 4.58. The molecule has 1 saturated heterocycles. The van der Waals surface area contributed by atoms with Crippen LogP contribution in [-0.2, 0) is 4.74 Å². The quantitative estimate of drug-likeness (QED) is 0.597. The first-order valence-electron chi connectivity index (χ1n) is 10.2. The Kier molecular flexibility index (Phi) is 5.03. The zero-order chi connectivity index (χ0) is 21.4. The third kappa shape index (κ3) is 3.84. The number of anilines is 2. The lowest BCUT2D eigenvalue weighted by atomic mass is 9.98. The van der Waals surface area contributed by atoms with Crippen LogP contribution in [0, 0.1) is 12.7 Å². The molecule has 1 aromatic carbocycles. The number of amides is 2. The van der Waals surface area contributed by atoms with Gasteiger partial charge in [0.1, 0.15) is 23.9 Å². The average molecular weight is 423 g/mol. The Morgan fingerprint density at radius 1 is 1.16 bits per heavy atom. The van der Waals surface area contributed by atoms with Gasteiger partial charge in [-0.2, -0.15) is 0 Å². The number of ether oxygens (including phenoxy) is 2. The topological polar surface area (TPSA) is 97.4 Å². The van der Waals surface area contributed by atoms with E-state index in [2.05, 4.69) is 25.9 Å². The van der Waals surface area contributed by atoms with E-state index in [1.807, 2.05) is 6.92 Å². The van der Waals surface area contributed by atoms with Crippen LogP contribution in [-0.4, -0.2) is 48.4 Å². The second kappa shape index (κ2) is 7.99. The van der Waals surface area contributed by atoms with E-state index >= 15 is 0 Å². The molecular formula is C22H22FN5O3. The molecule has 2 aliphatic rings. The average Bonchev–Trinajstić information content (AvgIpc) is 3.27. The highest BCUT2D eigenvalue weighted by Gasteiger charge is 2.20. The van der Waals surface area contributed by atoms with E-state index in [4.69, 9.17) is 9.47 Å². The summed E-state index contributed by atoms with van der Waals surface area (Å²) in [5, 5.41) is 10.3. The number of hydrogen-bond donors (Lipinski definition) is 3. The van der Waals surface area contributed by atoms with Gasteiger partial charge in [0.25, 0.3) is 0 Å². The maximum atomic E-state index is 15.0. The smallest absolute Gasteiger partial charge is 0.320 e. The molecule has 9 heteroatoms. The number of carbonyl (C=O) groups is 1. The van der Waals surface area contributed by atoms with Crippen LogP contribution in [0.4, 0.5) is 20.7 Å². The summed E-state index contributed by atoms with van der Waals surface area (Å²) in [5.41, 5.74) is 2.76. The fraction of sp³-hybridized carbons (Fsp3) is 0.318. The van der Waals surface area contributed by atoms with Gasteiger partial charge in [0.05, 0.1) is 12.6 Å². The Labute approximate surface area is 178 Å². The molecule has 8 nitrogen and oxygen atoms in total. The number of benzene rings is 1. The van der Waals surface area contributed by atoms with E-state index in [1.54, 1.807) is 24.5 Å². The minimum absolute atomic E-state index is 0.00164. The molecule has 2 aliphatic heterocycles. The van der Waals surface area contributed by atoms with E-state index in [9.17, 15) is 9.18 Å². The molecule has 0 radical (unpaired) electrons. The molecule has 5 rings (SSSR count). The maximum Gasteiger partial charge on any atom is 0.320 e. The summed E-state index contributed by atoms with van der Waals surface area (Å²) in [5.74, 6) is 0.551. The Morgan fingerprint density at radius 3 is 2.90 bits per heavy atom. The molecular weight excluding hydrogens is 401 g/mol. The number of hydrogen-bond acceptors (Lipinski definition) is 6. The standard InChI is InChI=1S/C22H22FN5O3/c1-12-17(10-26-21-20(12)24-3-5-31-21)16-6-13-8-19(25-9-14(13)7-18(16)23)28-22(29)27-15-2-4-30-11-15/h6-10,15,24H,2-5,11H2,1H3,(H2,25,27,28,29). The van der Waals surface area contributed by atoms with Gasteiger partial charge in [0.15, 0.2) is 0 Å². The molecule has 4 heterocycles. The van der Waals surface area contributed by atoms with E-state index in [0.717, 1.165) is 23.1 Å². The third-order valence-electron chi connectivity index (χ3n) is 5.55. The molecule has 160 valence electrons. The van der Waals surface area contributed by atoms with Gasteiger partial charge in [-0.25, -0.2) is 19.2 Å². The van der Waals surface area contributed by atoms with Crippen LogP contribution < -0.4 is 20.7 Å². The lowest BCUT2D eigenvalue weighted by Crippen LogP contribution is -2.38. The molecule has 0 bridgehead atoms. The van der Waals surface area contributed by atoms with Gasteiger partial charge in [0, 0.05) is 42.1 Å². The Bertz CT molecular complexity index is 1160. The Balaban J connectivity index is 1.46. The van der Waals surface area contributed by atoms with Crippen LogP contribution >= 0.6 is 0 Å². The molecule has 2 amide bonds. The van der Waals surface area contributed by atoms with Gasteiger partial charge >= 0.3 is 6.03 Å². The van der Waals surface area contributed by atoms with E-state index in [0.29, 0.717) is 54.6 Å². The zero-order valence-electron chi connectivity index (χ0n) is 17.0. The summed E-state index contributed by atoms with van der Waals surface area (Å²) in [6.07, 6.45) is 3.96. The molecule has 2 aromatic heterocycles. The summed E-state index contributed by atoms with van der Waals surface area (Å²) in [7, 11) is 0. The fourth-order valence-electron chi connectivity index (χ4n) is 3.92. The normalized spacial score (nSPS) is 17.5. The van der Waals surface area contributed by atoms with E-state index in [1.165, 1.54) is 6.07 Å². The number of nitrogens with zero attached hydrogens (tertiary/aromatic N) is 2. The van der Waals surface area contributed by atoms with Crippen molar-refractivity contribution < 1.29 is 18.7 Å². The van der Waals surface area contributed by atoms with Crippen molar-refractivity contribution in [3.8, 4) is 17.0 Å². The number of pyridine rings is 2. The van der Waals surface area contributed by atoms with Crippen molar-refractivity contribution in [1.82, 2.24) is 15.3 Å². The Hall–Kier alpha value is -3.46. The number of carbonyl (C=O) groups excluding carboxylic acids is 1. The number of fused-ring (bicyclic) bond motifs is 2. The molecule has 1 unspecified atom stereocenters. The highest BCUT2D eigenvalue weighted by Crippen LogP contribution is 2.37. The van der Waals surface area contributed by atoms with Crippen molar-refractivity contribution in [2.75, 3.05) is 37.0 Å². The number of aromatic nitrogens is 2. The van der Waals surface area contributed by atoms with Gasteiger partial charge in [-0.3, -0.25) is 5.32 Å². The lowest BCUT2D eigenvalue weighted by molar-refractivity contribution is 0.189. The summed E-state index contributed by atoms with van der Waals surface area (Å²) in [4.78, 5) is 20.8. The highest BCUT2D eigenvalue weighted by molar-refractivity contribution is 5.94. The minimum Gasteiger partial charge on any atom is -0.474 e. The first-order valence-corrected chi connectivity index (χ1v) is 10.2. The van der Waals surface area contributed by atoms with E-state index < -0.39 is 0 Å². The number of halogens is 1. The number of nitrogens with one attached hydrogen (secondary N) is 3. The molecule has 0 spiro atoms. The van der Waals surface area contributed by atoms with Crippen molar-refractivity contribution in [3.63, 3.8) is 0 Å². The second-order valence-corrected chi connectivity index (χ2v) is 7.66. The minimum atomic E-state index is -0.365. The van der Waals surface area contributed by atoms with Gasteiger partial charge in [-0.15, -0.1) is 0 Å². The predicted octanol–water partition coefficient (Wildman–Crippen LogP) is 3.46. The van der Waals surface area contributed by atoms with Crippen LogP contribution in [0.2, 0.25) is 0 Å². The van der Waals surface area contributed by atoms with Crippen LogP contribution in [0.25, 0.3) is 21.9 Å². The van der Waals surface area contributed by atoms with Crippen LogP contribution in [0.5, 0.6) is 5.88 Å². The SMILES string of the molecule is Cc1c(-c2cc3cc(NC(=O)NC4CCOC4)ncc3cc2F)cnc2c1NCCO2. The van der Waals surface area contributed by atoms with Crippen LogP contribution in [0.1, 0.15) is 12.0 Å². The molecule has 0 aliphatic carbocycles. The van der Waals surface area contributed by atoms with Crippen LogP contribution in [0.15, 0.2) is 30.6 Å². The summed E-state index contributed by atoms with van der Waals surface area (Å²) in [6.45, 7) is 4.29. The predicted molar refractivity (Wildman–Crippen MR) is 115 cm³/mol. The molecule has 31 heavy (non-hydrogen) atoms. The second-order valence-electron chi connectivity index (χ2n) is 7.66. The highest BCUT2D eigenvalue weighted by atomic mass is 19.1.